The highest BCUT2D eigenvalue weighted by Gasteiger charge is 2.44. The van der Waals surface area contributed by atoms with E-state index in [9.17, 15) is 0 Å². The van der Waals surface area contributed by atoms with E-state index in [0.717, 1.165) is 33.8 Å². The van der Waals surface area contributed by atoms with Crippen molar-refractivity contribution in [1.29, 1.82) is 0 Å². The lowest BCUT2D eigenvalue weighted by atomic mass is 9.89. The van der Waals surface area contributed by atoms with Crippen molar-refractivity contribution < 1.29 is 9.47 Å². The number of rotatable bonds is 0. The second-order valence-corrected chi connectivity index (χ2v) is 6.71. The highest BCUT2D eigenvalue weighted by atomic mass is 16.7. The Bertz CT molecular complexity index is 1070. The van der Waals surface area contributed by atoms with Crippen LogP contribution in [0.25, 0.3) is 22.9 Å². The van der Waals surface area contributed by atoms with Gasteiger partial charge in [-0.25, -0.2) is 0 Å². The van der Waals surface area contributed by atoms with Crippen molar-refractivity contribution in [3.63, 3.8) is 0 Å². The number of ether oxygens (including phenoxy) is 2. The van der Waals surface area contributed by atoms with Crippen molar-refractivity contribution in [2.75, 3.05) is 0 Å². The molecule has 0 radical (unpaired) electrons. The van der Waals surface area contributed by atoms with E-state index in [1.807, 2.05) is 24.3 Å². The molecule has 2 heterocycles. The van der Waals surface area contributed by atoms with Crippen LogP contribution in [0.2, 0.25) is 0 Å². The van der Waals surface area contributed by atoms with E-state index < -0.39 is 5.79 Å². The summed E-state index contributed by atoms with van der Waals surface area (Å²) in [6.45, 7) is 4.15. The first-order chi connectivity index (χ1) is 12.2. The van der Waals surface area contributed by atoms with E-state index in [4.69, 9.17) is 9.47 Å². The minimum Gasteiger partial charge on any atom is -0.444 e. The number of benzene rings is 3. The van der Waals surface area contributed by atoms with Gasteiger partial charge in [-0.15, -0.1) is 0 Å². The van der Waals surface area contributed by atoms with Gasteiger partial charge in [0.1, 0.15) is 11.5 Å². The second kappa shape index (κ2) is 5.00. The summed E-state index contributed by atoms with van der Waals surface area (Å²) in [6.07, 6.45) is 4.36. The minimum atomic E-state index is -0.857. The molecule has 2 nitrogen and oxygen atoms in total. The summed E-state index contributed by atoms with van der Waals surface area (Å²) in [7, 11) is 0. The zero-order chi connectivity index (χ0) is 17.0. The Balaban J connectivity index is 1.70. The molecule has 1 atom stereocenters. The van der Waals surface area contributed by atoms with Crippen molar-refractivity contribution in [1.82, 2.24) is 0 Å². The molecule has 25 heavy (non-hydrogen) atoms. The first-order valence-corrected chi connectivity index (χ1v) is 8.54. The summed E-state index contributed by atoms with van der Waals surface area (Å²) in [5.74, 6) is 0.852. The van der Waals surface area contributed by atoms with E-state index in [1.165, 1.54) is 10.8 Å². The maximum Gasteiger partial charge on any atom is 0.297 e. The van der Waals surface area contributed by atoms with Gasteiger partial charge in [0, 0.05) is 22.3 Å². The maximum absolute atomic E-state index is 6.49. The molecule has 3 aromatic carbocycles. The standard InChI is InChI=1S/C23H18O2/c1-15-13-18-8-4-6-10-21(18)24-23(15)16(2)14-20-19-9-5-3-7-17(19)11-12-22(20)25-23/h3-14H,1-2H3. The van der Waals surface area contributed by atoms with Crippen LogP contribution in [0.1, 0.15) is 25.0 Å². The van der Waals surface area contributed by atoms with Gasteiger partial charge in [0.15, 0.2) is 0 Å². The molecule has 3 aromatic rings. The molecule has 0 saturated carbocycles. The molecular weight excluding hydrogens is 308 g/mol. The van der Waals surface area contributed by atoms with Crippen LogP contribution in [0.3, 0.4) is 0 Å². The van der Waals surface area contributed by atoms with Gasteiger partial charge in [-0.2, -0.15) is 0 Å². The van der Waals surface area contributed by atoms with Crippen LogP contribution < -0.4 is 9.47 Å². The Morgan fingerprint density at radius 2 is 1.40 bits per heavy atom. The molecule has 0 fully saturated rings. The van der Waals surface area contributed by atoms with Crippen LogP contribution in [0.15, 0.2) is 71.8 Å². The molecule has 122 valence electrons. The van der Waals surface area contributed by atoms with Crippen LogP contribution in [-0.2, 0) is 0 Å². The van der Waals surface area contributed by atoms with Gasteiger partial charge >= 0.3 is 0 Å². The van der Waals surface area contributed by atoms with E-state index in [0.29, 0.717) is 0 Å². The minimum absolute atomic E-state index is 0.852. The van der Waals surface area contributed by atoms with Gasteiger partial charge in [0.05, 0.1) is 0 Å². The van der Waals surface area contributed by atoms with Crippen molar-refractivity contribution >= 4 is 22.9 Å². The average molecular weight is 326 g/mol. The van der Waals surface area contributed by atoms with Gasteiger partial charge in [-0.3, -0.25) is 0 Å². The number of hydrogen-bond acceptors (Lipinski definition) is 2. The van der Waals surface area contributed by atoms with E-state index in [1.54, 1.807) is 0 Å². The second-order valence-electron chi connectivity index (χ2n) is 6.71. The molecule has 0 amide bonds. The molecule has 0 saturated heterocycles. The van der Waals surface area contributed by atoms with Crippen molar-refractivity contribution in [2.45, 2.75) is 19.6 Å². The normalized spacial score (nSPS) is 20.9. The fourth-order valence-corrected chi connectivity index (χ4v) is 3.81. The van der Waals surface area contributed by atoms with Crippen LogP contribution in [0.4, 0.5) is 0 Å². The highest BCUT2D eigenvalue weighted by molar-refractivity contribution is 5.94. The Morgan fingerprint density at radius 1 is 0.680 bits per heavy atom. The van der Waals surface area contributed by atoms with Crippen molar-refractivity contribution in [3.8, 4) is 11.5 Å². The van der Waals surface area contributed by atoms with Crippen molar-refractivity contribution in [3.05, 3.63) is 82.9 Å². The topological polar surface area (TPSA) is 18.5 Å². The first-order valence-electron chi connectivity index (χ1n) is 8.54. The lowest BCUT2D eigenvalue weighted by Gasteiger charge is -2.41. The predicted octanol–water partition coefficient (Wildman–Crippen LogP) is 5.83. The fourth-order valence-electron chi connectivity index (χ4n) is 3.81. The van der Waals surface area contributed by atoms with E-state index in [2.05, 4.69) is 62.4 Å². The Morgan fingerprint density at radius 3 is 2.32 bits per heavy atom. The highest BCUT2D eigenvalue weighted by Crippen LogP contribution is 2.46. The quantitative estimate of drug-likeness (QED) is 0.517. The maximum atomic E-state index is 6.49. The number of fused-ring (bicyclic) bond motifs is 4. The zero-order valence-corrected chi connectivity index (χ0v) is 14.2. The smallest absolute Gasteiger partial charge is 0.297 e. The third-order valence-electron chi connectivity index (χ3n) is 5.13. The largest absolute Gasteiger partial charge is 0.444 e. The molecule has 1 unspecified atom stereocenters. The first kappa shape index (κ1) is 14.4. The monoisotopic (exact) mass is 326 g/mol. The van der Waals surface area contributed by atoms with Gasteiger partial charge in [0.25, 0.3) is 5.79 Å². The fraction of sp³-hybridized carbons (Fsp3) is 0.130. The third-order valence-corrected chi connectivity index (χ3v) is 5.13. The van der Waals surface area contributed by atoms with Gasteiger partial charge < -0.3 is 9.47 Å². The lowest BCUT2D eigenvalue weighted by Crippen LogP contribution is -2.47. The van der Waals surface area contributed by atoms with Crippen LogP contribution in [-0.4, -0.2) is 5.79 Å². The summed E-state index contributed by atoms with van der Waals surface area (Å²) in [5, 5.41) is 2.42. The van der Waals surface area contributed by atoms with E-state index in [-0.39, 0.29) is 0 Å². The van der Waals surface area contributed by atoms with Crippen molar-refractivity contribution in [2.24, 2.45) is 0 Å². The van der Waals surface area contributed by atoms with Gasteiger partial charge in [-0.1, -0.05) is 48.5 Å². The molecule has 1 spiro atoms. The number of para-hydroxylation sites is 1. The molecule has 2 aliphatic heterocycles. The summed E-state index contributed by atoms with van der Waals surface area (Å²) in [6, 6.07) is 20.6. The molecule has 0 aromatic heterocycles. The van der Waals surface area contributed by atoms with Crippen LogP contribution in [0, 0.1) is 0 Å². The van der Waals surface area contributed by atoms with Crippen LogP contribution in [0.5, 0.6) is 11.5 Å². The summed E-state index contributed by atoms with van der Waals surface area (Å²) in [4.78, 5) is 0. The molecule has 5 rings (SSSR count). The predicted molar refractivity (Wildman–Crippen MR) is 102 cm³/mol. The summed E-state index contributed by atoms with van der Waals surface area (Å²) >= 11 is 0. The Hall–Kier alpha value is -3.00. The zero-order valence-electron chi connectivity index (χ0n) is 14.2. The Labute approximate surface area is 147 Å². The molecule has 0 N–H and O–H groups in total. The summed E-state index contributed by atoms with van der Waals surface area (Å²) < 4.78 is 12.9. The number of hydrogen-bond donors (Lipinski definition) is 0. The molecule has 2 heteroatoms. The SMILES string of the molecule is CC1=Cc2ccccc2OC12Oc1ccc3ccccc3c1C=C2C. The third kappa shape index (κ3) is 1.97. The lowest BCUT2D eigenvalue weighted by molar-refractivity contribution is -0.0512. The van der Waals surface area contributed by atoms with Gasteiger partial charge in [-0.05, 0) is 48.9 Å². The molecule has 2 aliphatic rings. The van der Waals surface area contributed by atoms with Crippen LogP contribution >= 0.6 is 0 Å². The van der Waals surface area contributed by atoms with Gasteiger partial charge in [0.2, 0.25) is 0 Å². The molecule has 0 aliphatic carbocycles. The molecular formula is C23H18O2. The van der Waals surface area contributed by atoms with E-state index >= 15 is 0 Å². The Kier molecular flexibility index (Phi) is 2.87. The average Bonchev–Trinajstić information content (AvgIpc) is 2.63. The molecule has 0 bridgehead atoms. The summed E-state index contributed by atoms with van der Waals surface area (Å²) in [5.41, 5.74) is 4.32.